The van der Waals surface area contributed by atoms with Crippen LogP contribution in [0.3, 0.4) is 0 Å². The van der Waals surface area contributed by atoms with Gasteiger partial charge >= 0.3 is 6.18 Å². The van der Waals surface area contributed by atoms with Gasteiger partial charge in [-0.1, -0.05) is 24.3 Å². The summed E-state index contributed by atoms with van der Waals surface area (Å²) in [5.41, 5.74) is -0.0166. The van der Waals surface area contributed by atoms with Crippen LogP contribution >= 0.6 is 0 Å². The fraction of sp³-hybridized carbons (Fsp3) is 0.176. The summed E-state index contributed by atoms with van der Waals surface area (Å²) in [4.78, 5) is 16.5. The molecule has 1 heterocycles. The Morgan fingerprint density at radius 3 is 2.52 bits per heavy atom. The van der Waals surface area contributed by atoms with Gasteiger partial charge in [-0.25, -0.2) is 4.98 Å². The van der Waals surface area contributed by atoms with Gasteiger partial charge in [0, 0.05) is 0 Å². The molecule has 25 heavy (non-hydrogen) atoms. The Morgan fingerprint density at radius 1 is 1.12 bits per heavy atom. The number of aliphatic hydroxyl groups excluding tert-OH is 1. The van der Waals surface area contributed by atoms with Gasteiger partial charge in [-0.3, -0.25) is 4.79 Å². The van der Waals surface area contributed by atoms with Gasteiger partial charge in [0.25, 0.3) is 0 Å². The van der Waals surface area contributed by atoms with Crippen molar-refractivity contribution < 1.29 is 23.1 Å². The van der Waals surface area contributed by atoms with Gasteiger partial charge in [-0.2, -0.15) is 13.2 Å². The van der Waals surface area contributed by atoms with E-state index in [2.05, 4.69) is 10.3 Å². The van der Waals surface area contributed by atoms with Gasteiger partial charge in [-0.05, 0) is 24.3 Å². The molecule has 1 amide bonds. The third-order valence-corrected chi connectivity index (χ3v) is 3.68. The van der Waals surface area contributed by atoms with Crippen LogP contribution in [-0.2, 0) is 24.1 Å². The molecule has 0 bridgehead atoms. The van der Waals surface area contributed by atoms with Crippen molar-refractivity contribution in [3.63, 3.8) is 0 Å². The van der Waals surface area contributed by atoms with Crippen LogP contribution in [0.1, 0.15) is 11.4 Å². The summed E-state index contributed by atoms with van der Waals surface area (Å²) in [7, 11) is 0. The number of anilines is 1. The molecule has 130 valence electrons. The van der Waals surface area contributed by atoms with Crippen LogP contribution in [0.4, 0.5) is 18.9 Å². The summed E-state index contributed by atoms with van der Waals surface area (Å²) < 4.78 is 40.5. The smallest absolute Gasteiger partial charge is 0.388 e. The molecule has 5 nitrogen and oxygen atoms in total. The van der Waals surface area contributed by atoms with E-state index in [1.165, 1.54) is 22.8 Å². The summed E-state index contributed by atoms with van der Waals surface area (Å²) in [5, 5.41) is 11.7. The van der Waals surface area contributed by atoms with Crippen LogP contribution < -0.4 is 5.32 Å². The number of aromatic nitrogens is 2. The lowest BCUT2D eigenvalue weighted by molar-refractivity contribution is -0.137. The highest BCUT2D eigenvalue weighted by atomic mass is 19.4. The van der Waals surface area contributed by atoms with E-state index in [4.69, 9.17) is 0 Å². The fourth-order valence-corrected chi connectivity index (χ4v) is 2.60. The minimum atomic E-state index is -4.57. The highest BCUT2D eigenvalue weighted by Gasteiger charge is 2.33. The van der Waals surface area contributed by atoms with Crippen LogP contribution in [0.5, 0.6) is 0 Å². The van der Waals surface area contributed by atoms with Crippen LogP contribution in [0.2, 0.25) is 0 Å². The Bertz CT molecular complexity index is 919. The van der Waals surface area contributed by atoms with E-state index in [-0.39, 0.29) is 24.7 Å². The monoisotopic (exact) mass is 349 g/mol. The molecule has 0 aliphatic rings. The Labute approximate surface area is 140 Å². The minimum absolute atomic E-state index is 0.261. The summed E-state index contributed by atoms with van der Waals surface area (Å²) in [6, 6.07) is 11.7. The Kier molecular flexibility index (Phi) is 4.45. The number of carbonyl (C=O) groups is 1. The number of aliphatic hydroxyl groups is 1. The van der Waals surface area contributed by atoms with Crippen molar-refractivity contribution >= 4 is 22.6 Å². The summed E-state index contributed by atoms with van der Waals surface area (Å²) in [5.74, 6) is -0.380. The van der Waals surface area contributed by atoms with Crippen molar-refractivity contribution in [3.8, 4) is 0 Å². The van der Waals surface area contributed by atoms with Crippen molar-refractivity contribution in [1.29, 1.82) is 0 Å². The number of amides is 1. The molecule has 0 radical (unpaired) electrons. The summed E-state index contributed by atoms with van der Waals surface area (Å²) in [6.07, 6.45) is -4.57. The zero-order valence-electron chi connectivity index (χ0n) is 12.9. The molecule has 0 spiro atoms. The van der Waals surface area contributed by atoms with Crippen molar-refractivity contribution in [1.82, 2.24) is 9.55 Å². The van der Waals surface area contributed by atoms with Crippen molar-refractivity contribution in [2.24, 2.45) is 0 Å². The maximum atomic E-state index is 13.0. The van der Waals surface area contributed by atoms with E-state index in [0.29, 0.717) is 11.0 Å². The average molecular weight is 349 g/mol. The first-order valence-corrected chi connectivity index (χ1v) is 7.41. The lowest BCUT2D eigenvalue weighted by Crippen LogP contribution is -2.22. The van der Waals surface area contributed by atoms with E-state index in [9.17, 15) is 23.1 Å². The molecule has 0 atom stereocenters. The number of rotatable bonds is 4. The number of hydrogen-bond acceptors (Lipinski definition) is 3. The van der Waals surface area contributed by atoms with Crippen molar-refractivity contribution in [2.75, 3.05) is 5.32 Å². The molecule has 0 saturated heterocycles. The average Bonchev–Trinajstić information content (AvgIpc) is 2.92. The van der Waals surface area contributed by atoms with E-state index < -0.39 is 17.6 Å². The van der Waals surface area contributed by atoms with Crippen LogP contribution in [0, 0.1) is 0 Å². The molecule has 2 aromatic carbocycles. The van der Waals surface area contributed by atoms with Gasteiger partial charge in [0.2, 0.25) is 5.91 Å². The number of para-hydroxylation sites is 3. The number of benzene rings is 2. The Balaban J connectivity index is 1.88. The van der Waals surface area contributed by atoms with Gasteiger partial charge < -0.3 is 15.0 Å². The molecule has 8 heteroatoms. The summed E-state index contributed by atoms with van der Waals surface area (Å²) >= 11 is 0. The predicted octanol–water partition coefficient (Wildman–Crippen LogP) is 3.19. The maximum Gasteiger partial charge on any atom is 0.418 e. The largest absolute Gasteiger partial charge is 0.418 e. The molecule has 0 fully saturated rings. The van der Waals surface area contributed by atoms with E-state index >= 15 is 0 Å². The molecular formula is C17H14F3N3O2. The minimum Gasteiger partial charge on any atom is -0.388 e. The quantitative estimate of drug-likeness (QED) is 0.760. The lowest BCUT2D eigenvalue weighted by Gasteiger charge is -2.14. The second-order valence-electron chi connectivity index (χ2n) is 5.35. The third kappa shape index (κ3) is 3.48. The molecule has 0 aliphatic heterocycles. The zero-order chi connectivity index (χ0) is 18.0. The molecule has 0 aliphatic carbocycles. The third-order valence-electron chi connectivity index (χ3n) is 3.68. The number of halogens is 3. The fourth-order valence-electron chi connectivity index (χ4n) is 2.60. The van der Waals surface area contributed by atoms with Crippen LogP contribution in [0.25, 0.3) is 11.0 Å². The van der Waals surface area contributed by atoms with Crippen molar-refractivity contribution in [2.45, 2.75) is 19.3 Å². The topological polar surface area (TPSA) is 67.2 Å². The lowest BCUT2D eigenvalue weighted by atomic mass is 10.1. The van der Waals surface area contributed by atoms with Gasteiger partial charge in [-0.15, -0.1) is 0 Å². The molecule has 0 saturated carbocycles. The number of carbonyl (C=O) groups excluding carboxylic acids is 1. The summed E-state index contributed by atoms with van der Waals surface area (Å²) in [6.45, 7) is -0.649. The second kappa shape index (κ2) is 6.56. The SMILES string of the molecule is O=C(Cn1c(CO)nc2ccccc21)Nc1ccccc1C(F)(F)F. The highest BCUT2D eigenvalue weighted by Crippen LogP contribution is 2.34. The highest BCUT2D eigenvalue weighted by molar-refractivity contribution is 5.92. The Hall–Kier alpha value is -2.87. The van der Waals surface area contributed by atoms with E-state index in [1.807, 2.05) is 0 Å². The molecular weight excluding hydrogens is 335 g/mol. The number of hydrogen-bond donors (Lipinski definition) is 2. The predicted molar refractivity (Wildman–Crippen MR) is 85.7 cm³/mol. The normalized spacial score (nSPS) is 11.7. The molecule has 3 rings (SSSR count). The first-order valence-electron chi connectivity index (χ1n) is 7.41. The number of nitrogens with one attached hydrogen (secondary N) is 1. The van der Waals surface area contributed by atoms with E-state index in [1.54, 1.807) is 24.3 Å². The van der Waals surface area contributed by atoms with Crippen LogP contribution in [-0.4, -0.2) is 20.6 Å². The standard InChI is InChI=1S/C17H14F3N3O2/c18-17(19,20)11-5-1-2-6-12(11)22-16(25)9-23-14-8-4-3-7-13(14)21-15(23)10-24/h1-8,24H,9-10H2,(H,22,25). The van der Waals surface area contributed by atoms with Crippen LogP contribution in [0.15, 0.2) is 48.5 Å². The number of alkyl halides is 3. The van der Waals surface area contributed by atoms with Gasteiger partial charge in [0.05, 0.1) is 22.3 Å². The molecule has 0 unspecified atom stereocenters. The molecule has 3 aromatic rings. The molecule has 2 N–H and O–H groups in total. The first-order chi connectivity index (χ1) is 11.9. The number of nitrogens with zero attached hydrogens (tertiary/aromatic N) is 2. The second-order valence-corrected chi connectivity index (χ2v) is 5.35. The number of imidazole rings is 1. The van der Waals surface area contributed by atoms with Crippen molar-refractivity contribution in [3.05, 3.63) is 59.9 Å². The maximum absolute atomic E-state index is 13.0. The zero-order valence-corrected chi connectivity index (χ0v) is 12.9. The van der Waals surface area contributed by atoms with Gasteiger partial charge in [0.1, 0.15) is 19.0 Å². The number of fused-ring (bicyclic) bond motifs is 1. The van der Waals surface area contributed by atoms with Gasteiger partial charge in [0.15, 0.2) is 0 Å². The first kappa shape index (κ1) is 17.0. The Morgan fingerprint density at radius 2 is 1.80 bits per heavy atom. The molecule has 1 aromatic heterocycles. The van der Waals surface area contributed by atoms with E-state index in [0.717, 1.165) is 6.07 Å².